The largest absolute Gasteiger partial charge is 0.310 e. The molecule has 0 saturated heterocycles. The van der Waals surface area contributed by atoms with Gasteiger partial charge in [-0.15, -0.1) is 0 Å². The number of para-hydroxylation sites is 4. The minimum absolute atomic E-state index is 1.06. The molecule has 10 aromatic rings. The van der Waals surface area contributed by atoms with E-state index < -0.39 is 0 Å². The molecular formula is C60H54BrN3. The topological polar surface area (TPSA) is 11.4 Å². The van der Waals surface area contributed by atoms with Crippen LogP contribution in [0.4, 0.5) is 34.1 Å². The Morgan fingerprint density at radius 2 is 0.781 bits per heavy atom. The Hall–Kier alpha value is -6.62. The standard InChI is InChI=1S/C60H54BrN3/c61-41-22-6-4-2-1-3-5-11-24-45-26-23-27-47-42-46-25-20-21-36-54(46)60(59(45)47)64-57-39-37-52(62(48-28-12-7-13-29-48)49-30-14-8-15-31-49)43-55(57)56-44-53(38-40-58(56)64)63(50-32-16-9-17-33-50)51-34-18-10-19-35-51/h7-10,12-21,23,25-40,42-44H,1-6,11,22,24,41H2. The van der Waals surface area contributed by atoms with Crippen molar-refractivity contribution >= 4 is 93.4 Å². The quantitative estimate of drug-likeness (QED) is 0.0513. The lowest BCUT2D eigenvalue weighted by molar-refractivity contribution is 0.577. The molecule has 316 valence electrons. The van der Waals surface area contributed by atoms with Gasteiger partial charge < -0.3 is 14.4 Å². The van der Waals surface area contributed by atoms with E-state index in [1.165, 1.54) is 106 Å². The highest BCUT2D eigenvalue weighted by molar-refractivity contribution is 9.09. The Labute approximate surface area is 386 Å². The lowest BCUT2D eigenvalue weighted by Gasteiger charge is -2.26. The second-order valence-electron chi connectivity index (χ2n) is 17.0. The van der Waals surface area contributed by atoms with Gasteiger partial charge in [0.2, 0.25) is 0 Å². The number of anilines is 6. The van der Waals surface area contributed by atoms with Crippen LogP contribution in [0.2, 0.25) is 0 Å². The fourth-order valence-electron chi connectivity index (χ4n) is 9.80. The molecular weight excluding hydrogens is 843 g/mol. The third-order valence-electron chi connectivity index (χ3n) is 12.8. The molecule has 64 heavy (non-hydrogen) atoms. The predicted octanol–water partition coefficient (Wildman–Crippen LogP) is 18.1. The zero-order valence-corrected chi connectivity index (χ0v) is 38.0. The van der Waals surface area contributed by atoms with Gasteiger partial charge in [-0.2, -0.15) is 0 Å². The number of aromatic nitrogens is 1. The summed E-state index contributed by atoms with van der Waals surface area (Å²) >= 11 is 3.59. The lowest BCUT2D eigenvalue weighted by Crippen LogP contribution is -2.09. The molecule has 4 heteroatoms. The SMILES string of the molecule is BrCCCCCCCCCCc1cccc2cc3ccccc3c(-n3c4ccc(N(c5ccccc5)c5ccccc5)cc4c4cc(N(c5ccccc5)c5ccccc5)ccc43)c12. The molecule has 0 unspecified atom stereocenters. The Morgan fingerprint density at radius 1 is 0.344 bits per heavy atom. The van der Waals surface area contributed by atoms with Crippen LogP contribution >= 0.6 is 15.9 Å². The fraction of sp³-hybridized carbons (Fsp3) is 0.167. The van der Waals surface area contributed by atoms with E-state index in [-0.39, 0.29) is 0 Å². The molecule has 3 nitrogen and oxygen atoms in total. The fourth-order valence-corrected chi connectivity index (χ4v) is 10.2. The zero-order chi connectivity index (χ0) is 43.1. The monoisotopic (exact) mass is 895 g/mol. The zero-order valence-electron chi connectivity index (χ0n) is 36.4. The molecule has 0 bridgehead atoms. The predicted molar refractivity (Wildman–Crippen MR) is 280 cm³/mol. The van der Waals surface area contributed by atoms with Crippen LogP contribution in [0.5, 0.6) is 0 Å². The number of nitrogens with zero attached hydrogens (tertiary/aromatic N) is 3. The first-order valence-corrected chi connectivity index (χ1v) is 24.3. The number of rotatable bonds is 17. The highest BCUT2D eigenvalue weighted by Crippen LogP contribution is 2.45. The molecule has 0 atom stereocenters. The second-order valence-corrected chi connectivity index (χ2v) is 17.8. The van der Waals surface area contributed by atoms with E-state index in [0.29, 0.717) is 0 Å². The van der Waals surface area contributed by atoms with E-state index in [2.05, 4.69) is 237 Å². The van der Waals surface area contributed by atoms with Crippen molar-refractivity contribution in [1.29, 1.82) is 0 Å². The van der Waals surface area contributed by atoms with Crippen LogP contribution in [0.3, 0.4) is 0 Å². The van der Waals surface area contributed by atoms with Gasteiger partial charge in [-0.05, 0) is 127 Å². The molecule has 0 saturated carbocycles. The maximum atomic E-state index is 3.59. The molecule has 10 rings (SSSR count). The lowest BCUT2D eigenvalue weighted by atomic mass is 9.94. The molecule has 1 aromatic heterocycles. The average Bonchev–Trinajstić information content (AvgIpc) is 3.67. The summed E-state index contributed by atoms with van der Waals surface area (Å²) in [6, 6.07) is 75.5. The van der Waals surface area contributed by atoms with Crippen LogP contribution in [-0.2, 0) is 6.42 Å². The van der Waals surface area contributed by atoms with Crippen molar-refractivity contribution in [3.05, 3.63) is 212 Å². The molecule has 1 heterocycles. The average molecular weight is 897 g/mol. The normalized spacial score (nSPS) is 11.5. The van der Waals surface area contributed by atoms with Crippen molar-refractivity contribution in [1.82, 2.24) is 4.57 Å². The molecule has 0 aliphatic carbocycles. The van der Waals surface area contributed by atoms with Crippen LogP contribution < -0.4 is 9.80 Å². The van der Waals surface area contributed by atoms with Crippen LogP contribution in [0, 0.1) is 0 Å². The first-order chi connectivity index (χ1) is 31.8. The van der Waals surface area contributed by atoms with E-state index in [4.69, 9.17) is 0 Å². The molecule has 0 N–H and O–H groups in total. The van der Waals surface area contributed by atoms with Gasteiger partial charge in [-0.3, -0.25) is 0 Å². The molecule has 0 aliphatic heterocycles. The van der Waals surface area contributed by atoms with Gasteiger partial charge in [0, 0.05) is 61.0 Å². The number of hydrogen-bond donors (Lipinski definition) is 0. The van der Waals surface area contributed by atoms with Crippen LogP contribution in [-0.4, -0.2) is 9.90 Å². The van der Waals surface area contributed by atoms with Crippen molar-refractivity contribution < 1.29 is 0 Å². The van der Waals surface area contributed by atoms with Gasteiger partial charge in [-0.25, -0.2) is 0 Å². The number of unbranched alkanes of at least 4 members (excludes halogenated alkanes) is 7. The highest BCUT2D eigenvalue weighted by Gasteiger charge is 2.23. The Kier molecular flexibility index (Phi) is 12.6. The van der Waals surface area contributed by atoms with Gasteiger partial charge >= 0.3 is 0 Å². The van der Waals surface area contributed by atoms with E-state index in [1.54, 1.807) is 0 Å². The van der Waals surface area contributed by atoms with Gasteiger partial charge in [0.05, 0.1) is 16.7 Å². The van der Waals surface area contributed by atoms with Crippen LogP contribution in [0.25, 0.3) is 49.0 Å². The summed E-state index contributed by atoms with van der Waals surface area (Å²) in [5, 5.41) is 8.71. The van der Waals surface area contributed by atoms with Crippen molar-refractivity contribution in [3.8, 4) is 5.69 Å². The van der Waals surface area contributed by atoms with Crippen molar-refractivity contribution in [2.24, 2.45) is 0 Å². The van der Waals surface area contributed by atoms with E-state index in [0.717, 1.165) is 45.9 Å². The summed E-state index contributed by atoms with van der Waals surface area (Å²) in [5.74, 6) is 0. The summed E-state index contributed by atoms with van der Waals surface area (Å²) in [5.41, 5.74) is 11.8. The Morgan fingerprint density at radius 3 is 1.28 bits per heavy atom. The minimum Gasteiger partial charge on any atom is -0.310 e. The summed E-state index contributed by atoms with van der Waals surface area (Å²) in [7, 11) is 0. The van der Waals surface area contributed by atoms with Gasteiger partial charge in [0.25, 0.3) is 0 Å². The van der Waals surface area contributed by atoms with E-state index in [1.807, 2.05) is 0 Å². The third-order valence-corrected chi connectivity index (χ3v) is 13.4. The number of hydrogen-bond acceptors (Lipinski definition) is 2. The number of aryl methyl sites for hydroxylation is 1. The Bertz CT molecular complexity index is 2910. The van der Waals surface area contributed by atoms with Crippen molar-refractivity contribution in [2.45, 2.75) is 57.8 Å². The van der Waals surface area contributed by atoms with Crippen LogP contribution in [0.1, 0.15) is 56.9 Å². The molecule has 9 aromatic carbocycles. The summed E-state index contributed by atoms with van der Waals surface area (Å²) in [6.45, 7) is 0. The Balaban J connectivity index is 1.19. The molecule has 0 aliphatic rings. The van der Waals surface area contributed by atoms with E-state index >= 15 is 0 Å². The van der Waals surface area contributed by atoms with Crippen molar-refractivity contribution in [2.75, 3.05) is 15.1 Å². The highest BCUT2D eigenvalue weighted by atomic mass is 79.9. The number of fused-ring (bicyclic) bond motifs is 5. The smallest absolute Gasteiger partial charge is 0.0621 e. The number of benzene rings is 9. The number of halogens is 1. The minimum atomic E-state index is 1.06. The maximum absolute atomic E-state index is 3.59. The van der Waals surface area contributed by atoms with E-state index in [9.17, 15) is 0 Å². The summed E-state index contributed by atoms with van der Waals surface area (Å²) < 4.78 is 2.59. The molecule has 0 radical (unpaired) electrons. The molecule has 0 amide bonds. The van der Waals surface area contributed by atoms with Gasteiger partial charge in [0.15, 0.2) is 0 Å². The molecule has 0 spiro atoms. The van der Waals surface area contributed by atoms with Crippen molar-refractivity contribution in [3.63, 3.8) is 0 Å². The molecule has 0 fully saturated rings. The first-order valence-electron chi connectivity index (χ1n) is 23.2. The first kappa shape index (κ1) is 41.4. The number of alkyl halides is 1. The second kappa shape index (κ2) is 19.4. The van der Waals surface area contributed by atoms with Gasteiger partial charge in [-0.1, -0.05) is 170 Å². The maximum Gasteiger partial charge on any atom is 0.0621 e. The van der Waals surface area contributed by atoms with Crippen LogP contribution in [0.15, 0.2) is 206 Å². The summed E-state index contributed by atoms with van der Waals surface area (Å²) in [4.78, 5) is 4.75. The van der Waals surface area contributed by atoms with Gasteiger partial charge in [0.1, 0.15) is 0 Å². The summed E-state index contributed by atoms with van der Waals surface area (Å²) in [6.07, 6.45) is 11.5. The third kappa shape index (κ3) is 8.43.